The average Bonchev–Trinajstić information content (AvgIpc) is 2.98. The molecule has 0 aliphatic carbocycles. The Labute approximate surface area is 168 Å². The van der Waals surface area contributed by atoms with E-state index in [1.54, 1.807) is 0 Å². The van der Waals surface area contributed by atoms with Crippen molar-refractivity contribution in [3.8, 4) is 0 Å². The van der Waals surface area contributed by atoms with E-state index >= 15 is 0 Å². The molecule has 2 heterocycles. The van der Waals surface area contributed by atoms with Gasteiger partial charge in [0, 0.05) is 38.6 Å². The number of hydrogen-bond acceptors (Lipinski definition) is 5. The van der Waals surface area contributed by atoms with Crippen molar-refractivity contribution < 1.29 is 4.52 Å². The normalized spacial score (nSPS) is 18.7. The predicted octanol–water partition coefficient (Wildman–Crippen LogP) is 2.36. The van der Waals surface area contributed by atoms with Gasteiger partial charge < -0.3 is 20.1 Å². The molecular formula is C17H33IN6O. The zero-order valence-corrected chi connectivity index (χ0v) is 18.1. The van der Waals surface area contributed by atoms with E-state index in [9.17, 15) is 0 Å². The molecule has 1 fully saturated rings. The Morgan fingerprint density at radius 3 is 2.88 bits per heavy atom. The van der Waals surface area contributed by atoms with Crippen LogP contribution in [0.3, 0.4) is 0 Å². The lowest BCUT2D eigenvalue weighted by atomic mass is 10.0. The van der Waals surface area contributed by atoms with Crippen molar-refractivity contribution in [3.63, 3.8) is 0 Å². The van der Waals surface area contributed by atoms with Crippen LogP contribution in [-0.4, -0.2) is 59.8 Å². The van der Waals surface area contributed by atoms with Crippen LogP contribution in [0.15, 0.2) is 9.52 Å². The van der Waals surface area contributed by atoms with E-state index < -0.39 is 0 Å². The van der Waals surface area contributed by atoms with E-state index in [0.29, 0.717) is 18.1 Å². The lowest BCUT2D eigenvalue weighted by Crippen LogP contribution is -2.39. The summed E-state index contributed by atoms with van der Waals surface area (Å²) in [4.78, 5) is 11.5. The molecule has 1 aliphatic heterocycles. The van der Waals surface area contributed by atoms with Crippen LogP contribution in [0.25, 0.3) is 0 Å². The fraction of sp³-hybridized carbons (Fsp3) is 0.824. The minimum Gasteiger partial charge on any atom is -0.357 e. The van der Waals surface area contributed by atoms with Crippen LogP contribution in [0.4, 0.5) is 0 Å². The molecule has 0 spiro atoms. The van der Waals surface area contributed by atoms with E-state index in [1.807, 2.05) is 6.92 Å². The maximum absolute atomic E-state index is 5.11. The Kier molecular flexibility index (Phi) is 11.0. The number of hydrogen-bond donors (Lipinski definition) is 2. The van der Waals surface area contributed by atoms with Gasteiger partial charge in [-0.1, -0.05) is 11.6 Å². The lowest BCUT2D eigenvalue weighted by molar-refractivity contribution is 0.160. The molecule has 1 aliphatic rings. The first-order chi connectivity index (χ1) is 11.7. The molecule has 8 heteroatoms. The third-order valence-corrected chi connectivity index (χ3v) is 4.36. The van der Waals surface area contributed by atoms with E-state index in [4.69, 9.17) is 4.52 Å². The molecule has 25 heavy (non-hydrogen) atoms. The van der Waals surface area contributed by atoms with Gasteiger partial charge in [-0.3, -0.25) is 4.99 Å². The van der Waals surface area contributed by atoms with Crippen molar-refractivity contribution in [2.24, 2.45) is 4.99 Å². The van der Waals surface area contributed by atoms with Gasteiger partial charge in [-0.15, -0.1) is 24.0 Å². The Morgan fingerprint density at radius 1 is 1.36 bits per heavy atom. The minimum absolute atomic E-state index is 0. The van der Waals surface area contributed by atoms with E-state index in [0.717, 1.165) is 44.6 Å². The molecule has 0 saturated carbocycles. The molecular weight excluding hydrogens is 431 g/mol. The second-order valence-electron chi connectivity index (χ2n) is 6.41. The van der Waals surface area contributed by atoms with Gasteiger partial charge in [-0.05, 0) is 46.6 Å². The SMILES string of the molecule is CCNC(=NCCCN1CCCCC1C)NCCc1nc(C)no1.I. The lowest BCUT2D eigenvalue weighted by Gasteiger charge is -2.33. The highest BCUT2D eigenvalue weighted by Gasteiger charge is 2.16. The van der Waals surface area contributed by atoms with E-state index in [-0.39, 0.29) is 24.0 Å². The first-order valence-electron chi connectivity index (χ1n) is 9.24. The van der Waals surface area contributed by atoms with Gasteiger partial charge in [0.15, 0.2) is 11.8 Å². The number of aromatic nitrogens is 2. The van der Waals surface area contributed by atoms with Crippen molar-refractivity contribution in [3.05, 3.63) is 11.7 Å². The molecule has 2 rings (SSSR count). The van der Waals surface area contributed by atoms with Gasteiger partial charge in [0.25, 0.3) is 0 Å². The number of aryl methyl sites for hydroxylation is 1. The highest BCUT2D eigenvalue weighted by molar-refractivity contribution is 14.0. The van der Waals surface area contributed by atoms with Crippen LogP contribution in [0, 0.1) is 6.92 Å². The van der Waals surface area contributed by atoms with Crippen LogP contribution >= 0.6 is 24.0 Å². The summed E-state index contributed by atoms with van der Waals surface area (Å²) < 4.78 is 5.11. The number of nitrogens with zero attached hydrogens (tertiary/aromatic N) is 4. The fourth-order valence-corrected chi connectivity index (χ4v) is 3.03. The third kappa shape index (κ3) is 8.35. The summed E-state index contributed by atoms with van der Waals surface area (Å²) in [6.45, 7) is 11.1. The number of nitrogens with one attached hydrogen (secondary N) is 2. The van der Waals surface area contributed by atoms with Crippen LogP contribution in [0.5, 0.6) is 0 Å². The summed E-state index contributed by atoms with van der Waals surface area (Å²) in [6.07, 6.45) is 5.86. The Hall–Kier alpha value is -0.900. The molecule has 1 unspecified atom stereocenters. The van der Waals surface area contributed by atoms with Gasteiger partial charge in [0.1, 0.15) is 0 Å². The summed E-state index contributed by atoms with van der Waals surface area (Å²) in [6, 6.07) is 0.729. The molecule has 2 N–H and O–H groups in total. The summed E-state index contributed by atoms with van der Waals surface area (Å²) in [5, 5.41) is 10.4. The predicted molar refractivity (Wildman–Crippen MR) is 112 cm³/mol. The van der Waals surface area contributed by atoms with Gasteiger partial charge in [0.05, 0.1) is 0 Å². The molecule has 0 bridgehead atoms. The number of guanidine groups is 1. The van der Waals surface area contributed by atoms with Crippen molar-refractivity contribution >= 4 is 29.9 Å². The zero-order valence-electron chi connectivity index (χ0n) is 15.8. The number of aliphatic imine (C=N–C) groups is 1. The van der Waals surface area contributed by atoms with Crippen LogP contribution in [0.2, 0.25) is 0 Å². The van der Waals surface area contributed by atoms with Gasteiger partial charge in [-0.2, -0.15) is 4.98 Å². The quantitative estimate of drug-likeness (QED) is 0.266. The van der Waals surface area contributed by atoms with Crippen molar-refractivity contribution in [1.82, 2.24) is 25.7 Å². The van der Waals surface area contributed by atoms with Crippen LogP contribution in [0.1, 0.15) is 51.2 Å². The molecule has 0 amide bonds. The summed E-state index contributed by atoms with van der Waals surface area (Å²) in [5.41, 5.74) is 0. The summed E-state index contributed by atoms with van der Waals surface area (Å²) in [7, 11) is 0. The summed E-state index contributed by atoms with van der Waals surface area (Å²) in [5.74, 6) is 2.20. The first kappa shape index (κ1) is 22.1. The smallest absolute Gasteiger partial charge is 0.228 e. The van der Waals surface area contributed by atoms with E-state index in [1.165, 1.54) is 25.8 Å². The Bertz CT molecular complexity index is 507. The molecule has 144 valence electrons. The monoisotopic (exact) mass is 464 g/mol. The van der Waals surface area contributed by atoms with Crippen LogP contribution < -0.4 is 10.6 Å². The zero-order chi connectivity index (χ0) is 17.2. The number of piperidine rings is 1. The van der Waals surface area contributed by atoms with Crippen molar-refractivity contribution in [2.75, 3.05) is 32.7 Å². The maximum atomic E-state index is 5.11. The van der Waals surface area contributed by atoms with Crippen LogP contribution in [-0.2, 0) is 6.42 Å². The molecule has 1 atom stereocenters. The highest BCUT2D eigenvalue weighted by atomic mass is 127. The van der Waals surface area contributed by atoms with Gasteiger partial charge in [0.2, 0.25) is 5.89 Å². The maximum Gasteiger partial charge on any atom is 0.228 e. The largest absolute Gasteiger partial charge is 0.357 e. The fourth-order valence-electron chi connectivity index (χ4n) is 3.03. The van der Waals surface area contributed by atoms with Gasteiger partial charge in [-0.25, -0.2) is 0 Å². The number of rotatable bonds is 8. The molecule has 0 radical (unpaired) electrons. The molecule has 1 aromatic rings. The first-order valence-corrected chi connectivity index (χ1v) is 9.24. The average molecular weight is 464 g/mol. The topological polar surface area (TPSA) is 78.6 Å². The molecule has 1 saturated heterocycles. The molecule has 0 aromatic carbocycles. The Balaban J connectivity index is 0.00000312. The molecule has 7 nitrogen and oxygen atoms in total. The van der Waals surface area contributed by atoms with Gasteiger partial charge >= 0.3 is 0 Å². The number of halogens is 1. The standard InChI is InChI=1S/C17H32N6O.HI/c1-4-18-17(20-11-9-16-21-15(3)22-24-16)19-10-7-13-23-12-6-5-8-14(23)2;/h14H,4-13H2,1-3H3,(H2,18,19,20);1H. The summed E-state index contributed by atoms with van der Waals surface area (Å²) >= 11 is 0. The highest BCUT2D eigenvalue weighted by Crippen LogP contribution is 2.16. The van der Waals surface area contributed by atoms with E-state index in [2.05, 4.69) is 44.5 Å². The van der Waals surface area contributed by atoms with Crippen molar-refractivity contribution in [2.45, 2.75) is 58.9 Å². The Morgan fingerprint density at radius 2 is 2.20 bits per heavy atom. The molecule has 1 aromatic heterocycles. The number of likely N-dealkylation sites (tertiary alicyclic amines) is 1. The third-order valence-electron chi connectivity index (χ3n) is 4.36. The second kappa shape index (κ2) is 12.5. The minimum atomic E-state index is 0. The second-order valence-corrected chi connectivity index (χ2v) is 6.41. The van der Waals surface area contributed by atoms with Crippen molar-refractivity contribution in [1.29, 1.82) is 0 Å².